The monoisotopic (exact) mass is 179 g/mol. The molecule has 0 fully saturated rings. The molecule has 1 N–H and O–H groups in total. The lowest BCUT2D eigenvalue weighted by molar-refractivity contribution is 0.373. The molecule has 0 aliphatic rings. The van der Waals surface area contributed by atoms with Crippen molar-refractivity contribution in [3.63, 3.8) is 0 Å². The number of phenols is 1. The number of hydrogen-bond acceptors (Lipinski definition) is 3. The number of phenolic OH excluding ortho intramolecular Hbond substituents is 1. The Morgan fingerprint density at radius 1 is 1.54 bits per heavy atom. The van der Waals surface area contributed by atoms with Gasteiger partial charge in [0.15, 0.2) is 17.8 Å². The number of rotatable bonds is 4. The first-order chi connectivity index (χ1) is 6.27. The second kappa shape index (κ2) is 4.50. The van der Waals surface area contributed by atoms with Crippen molar-refractivity contribution in [2.24, 2.45) is 0 Å². The zero-order chi connectivity index (χ0) is 9.68. The zero-order valence-corrected chi connectivity index (χ0v) is 7.41. The smallest absolute Gasteiger partial charge is 0.198 e. The maximum Gasteiger partial charge on any atom is 0.198 e. The van der Waals surface area contributed by atoms with Crippen molar-refractivity contribution < 1.29 is 14.6 Å². The SMILES string of the molecule is COc1ccc(CC[C]=O)cc1O. The molecule has 0 bridgehead atoms. The molecule has 1 aromatic carbocycles. The quantitative estimate of drug-likeness (QED) is 0.760. The van der Waals surface area contributed by atoms with E-state index in [9.17, 15) is 9.90 Å². The van der Waals surface area contributed by atoms with Gasteiger partial charge in [-0.3, -0.25) is 4.79 Å². The highest BCUT2D eigenvalue weighted by atomic mass is 16.5. The molecule has 0 aliphatic carbocycles. The van der Waals surface area contributed by atoms with Crippen LogP contribution in [0.3, 0.4) is 0 Å². The first kappa shape index (κ1) is 9.58. The summed E-state index contributed by atoms with van der Waals surface area (Å²) in [6, 6.07) is 5.08. The van der Waals surface area contributed by atoms with Crippen molar-refractivity contribution in [3.05, 3.63) is 23.8 Å². The molecule has 0 saturated heterocycles. The molecule has 0 spiro atoms. The van der Waals surface area contributed by atoms with E-state index < -0.39 is 0 Å². The Labute approximate surface area is 77.0 Å². The van der Waals surface area contributed by atoms with Gasteiger partial charge < -0.3 is 9.84 Å². The minimum atomic E-state index is 0.103. The fraction of sp³-hybridized carbons (Fsp3) is 0.300. The lowest BCUT2D eigenvalue weighted by Gasteiger charge is -2.04. The second-order valence-corrected chi connectivity index (χ2v) is 2.65. The van der Waals surface area contributed by atoms with E-state index in [4.69, 9.17) is 4.74 Å². The summed E-state index contributed by atoms with van der Waals surface area (Å²) in [5.41, 5.74) is 0.904. The molecule has 0 amide bonds. The molecule has 0 heterocycles. The van der Waals surface area contributed by atoms with Gasteiger partial charge in [-0.05, 0) is 24.1 Å². The van der Waals surface area contributed by atoms with Crippen molar-refractivity contribution in [1.29, 1.82) is 0 Å². The van der Waals surface area contributed by atoms with Crippen LogP contribution in [0.1, 0.15) is 12.0 Å². The molecule has 0 atom stereocenters. The number of hydrogen-bond donors (Lipinski definition) is 1. The van der Waals surface area contributed by atoms with E-state index in [1.807, 2.05) is 6.07 Å². The molecule has 0 aliphatic heterocycles. The number of aryl methyl sites for hydroxylation is 1. The van der Waals surface area contributed by atoms with Gasteiger partial charge in [0.25, 0.3) is 0 Å². The lowest BCUT2D eigenvalue weighted by Crippen LogP contribution is -1.88. The molecule has 0 unspecified atom stereocenters. The summed E-state index contributed by atoms with van der Waals surface area (Å²) in [7, 11) is 1.49. The third-order valence-electron chi connectivity index (χ3n) is 1.76. The minimum Gasteiger partial charge on any atom is -0.504 e. The molecular weight excluding hydrogens is 168 g/mol. The fourth-order valence-corrected chi connectivity index (χ4v) is 1.09. The Morgan fingerprint density at radius 3 is 2.85 bits per heavy atom. The van der Waals surface area contributed by atoms with Gasteiger partial charge in [0, 0.05) is 6.42 Å². The molecule has 69 valence electrons. The second-order valence-electron chi connectivity index (χ2n) is 2.65. The van der Waals surface area contributed by atoms with Gasteiger partial charge >= 0.3 is 0 Å². The number of ether oxygens (including phenoxy) is 1. The van der Waals surface area contributed by atoms with Crippen molar-refractivity contribution in [3.8, 4) is 11.5 Å². The molecule has 0 aromatic heterocycles. The largest absolute Gasteiger partial charge is 0.504 e. The van der Waals surface area contributed by atoms with Crippen LogP contribution in [0.15, 0.2) is 18.2 Å². The van der Waals surface area contributed by atoms with E-state index in [-0.39, 0.29) is 5.75 Å². The molecule has 13 heavy (non-hydrogen) atoms. The van der Waals surface area contributed by atoms with Crippen molar-refractivity contribution in [2.45, 2.75) is 12.8 Å². The number of methoxy groups -OCH3 is 1. The van der Waals surface area contributed by atoms with Gasteiger partial charge in [-0.1, -0.05) is 6.07 Å². The summed E-state index contributed by atoms with van der Waals surface area (Å²) in [6.07, 6.45) is 2.75. The Hall–Kier alpha value is -1.51. The van der Waals surface area contributed by atoms with Crippen LogP contribution in [0, 0.1) is 0 Å². The van der Waals surface area contributed by atoms with E-state index in [0.717, 1.165) is 5.56 Å². The third kappa shape index (κ3) is 2.47. The van der Waals surface area contributed by atoms with E-state index in [0.29, 0.717) is 18.6 Å². The highest BCUT2D eigenvalue weighted by Gasteiger charge is 2.01. The average molecular weight is 179 g/mol. The van der Waals surface area contributed by atoms with Gasteiger partial charge in [0.1, 0.15) is 0 Å². The summed E-state index contributed by atoms with van der Waals surface area (Å²) < 4.78 is 4.88. The fourth-order valence-electron chi connectivity index (χ4n) is 1.09. The molecular formula is C10H11O3. The van der Waals surface area contributed by atoms with Gasteiger partial charge in [0.05, 0.1) is 7.11 Å². The van der Waals surface area contributed by atoms with Crippen molar-refractivity contribution in [2.75, 3.05) is 7.11 Å². The van der Waals surface area contributed by atoms with Crippen LogP contribution in [0.5, 0.6) is 11.5 Å². The lowest BCUT2D eigenvalue weighted by atomic mass is 10.1. The Bertz CT molecular complexity index is 294. The molecule has 1 radical (unpaired) electrons. The average Bonchev–Trinajstić information content (AvgIpc) is 2.15. The summed E-state index contributed by atoms with van der Waals surface area (Å²) >= 11 is 0. The van der Waals surface area contributed by atoms with Gasteiger partial charge in [-0.2, -0.15) is 0 Å². The van der Waals surface area contributed by atoms with Crippen LogP contribution in [0.2, 0.25) is 0 Å². The predicted octanol–water partition coefficient (Wildman–Crippen LogP) is 1.44. The maximum atomic E-state index is 9.97. The van der Waals surface area contributed by atoms with Crippen molar-refractivity contribution >= 4 is 6.29 Å². The first-order valence-electron chi connectivity index (χ1n) is 3.99. The summed E-state index contributed by atoms with van der Waals surface area (Å²) in [4.78, 5) is 9.97. The van der Waals surface area contributed by atoms with E-state index >= 15 is 0 Å². The molecule has 3 nitrogen and oxygen atoms in total. The van der Waals surface area contributed by atoms with Gasteiger partial charge in [-0.25, -0.2) is 0 Å². The predicted molar refractivity (Wildman–Crippen MR) is 48.7 cm³/mol. The highest BCUT2D eigenvalue weighted by molar-refractivity contribution is 5.51. The summed E-state index contributed by atoms with van der Waals surface area (Å²) in [5, 5.41) is 9.37. The molecule has 1 aromatic rings. The van der Waals surface area contributed by atoms with E-state index in [1.165, 1.54) is 7.11 Å². The van der Waals surface area contributed by atoms with Crippen LogP contribution < -0.4 is 4.74 Å². The molecule has 3 heteroatoms. The number of aromatic hydroxyl groups is 1. The molecule has 0 saturated carbocycles. The van der Waals surface area contributed by atoms with E-state index in [2.05, 4.69) is 0 Å². The Balaban J connectivity index is 2.76. The number of benzene rings is 1. The Morgan fingerprint density at radius 2 is 2.31 bits per heavy atom. The highest BCUT2D eigenvalue weighted by Crippen LogP contribution is 2.26. The first-order valence-corrected chi connectivity index (χ1v) is 3.99. The zero-order valence-electron chi connectivity index (χ0n) is 7.41. The van der Waals surface area contributed by atoms with Crippen LogP contribution >= 0.6 is 0 Å². The van der Waals surface area contributed by atoms with Crippen LogP contribution in [0.4, 0.5) is 0 Å². The summed E-state index contributed by atoms with van der Waals surface area (Å²) in [5.74, 6) is 0.546. The standard InChI is InChI=1S/C10H11O3/c1-13-10-5-4-8(3-2-6-11)7-9(10)12/h4-5,7,12H,2-3H2,1H3. The van der Waals surface area contributed by atoms with Gasteiger partial charge in [-0.15, -0.1) is 0 Å². The summed E-state index contributed by atoms with van der Waals surface area (Å²) in [6.45, 7) is 0. The number of carbonyl (C=O) groups excluding carboxylic acids is 1. The van der Waals surface area contributed by atoms with Gasteiger partial charge in [0.2, 0.25) is 0 Å². The van der Waals surface area contributed by atoms with Crippen LogP contribution in [0.25, 0.3) is 0 Å². The third-order valence-corrected chi connectivity index (χ3v) is 1.76. The van der Waals surface area contributed by atoms with Crippen molar-refractivity contribution in [1.82, 2.24) is 0 Å². The van der Waals surface area contributed by atoms with Crippen LogP contribution in [-0.2, 0) is 11.2 Å². The maximum absolute atomic E-state index is 9.97. The molecule has 1 rings (SSSR count). The van der Waals surface area contributed by atoms with E-state index in [1.54, 1.807) is 18.4 Å². The minimum absolute atomic E-state index is 0.103. The Kier molecular flexibility index (Phi) is 3.31. The normalized spacial score (nSPS) is 9.62. The topological polar surface area (TPSA) is 46.5 Å². The van der Waals surface area contributed by atoms with Crippen LogP contribution in [-0.4, -0.2) is 18.5 Å².